The van der Waals surface area contributed by atoms with Gasteiger partial charge in [-0.3, -0.25) is 9.59 Å². The predicted molar refractivity (Wildman–Crippen MR) is 130 cm³/mol. The predicted octanol–water partition coefficient (Wildman–Crippen LogP) is 5.65. The molecular weight excluding hydrogens is 436 g/mol. The molecular formula is C27H34O7. The first-order chi connectivity index (χ1) is 16.5. The Morgan fingerprint density at radius 1 is 0.853 bits per heavy atom. The highest BCUT2D eigenvalue weighted by atomic mass is 16.5. The van der Waals surface area contributed by atoms with Gasteiger partial charge in [-0.25, -0.2) is 0 Å². The molecule has 0 saturated carbocycles. The summed E-state index contributed by atoms with van der Waals surface area (Å²) >= 11 is 0. The van der Waals surface area contributed by atoms with Crippen LogP contribution in [0.25, 0.3) is 0 Å². The van der Waals surface area contributed by atoms with E-state index >= 15 is 0 Å². The highest BCUT2D eigenvalue weighted by Gasteiger charge is 2.12. The molecule has 7 nitrogen and oxygen atoms in total. The van der Waals surface area contributed by atoms with E-state index in [0.29, 0.717) is 36.5 Å². The fraction of sp³-hybridized carbons (Fsp3) is 0.407. The highest BCUT2D eigenvalue weighted by Crippen LogP contribution is 2.30. The smallest absolute Gasteiger partial charge is 0.303 e. The Hall–Kier alpha value is -3.48. The fourth-order valence-electron chi connectivity index (χ4n) is 3.40. The second-order valence-corrected chi connectivity index (χ2v) is 7.91. The number of unbranched alkanes of at least 4 members (excludes halogenated alkanes) is 3. The van der Waals surface area contributed by atoms with Gasteiger partial charge in [0.25, 0.3) is 0 Å². The minimum atomic E-state index is -0.894. The number of benzene rings is 2. The van der Waals surface area contributed by atoms with Crippen molar-refractivity contribution in [2.24, 2.45) is 0 Å². The van der Waals surface area contributed by atoms with Gasteiger partial charge in [-0.05, 0) is 80.9 Å². The molecule has 0 saturated heterocycles. The molecule has 0 aliphatic carbocycles. The highest BCUT2D eigenvalue weighted by molar-refractivity contribution is 5.67. The number of rotatable bonds is 17. The van der Waals surface area contributed by atoms with Crippen LogP contribution in [-0.4, -0.2) is 35.9 Å². The molecule has 0 heterocycles. The lowest BCUT2D eigenvalue weighted by Gasteiger charge is -2.14. The Bertz CT molecular complexity index is 919. The van der Waals surface area contributed by atoms with Crippen LogP contribution in [0.1, 0.15) is 56.1 Å². The van der Waals surface area contributed by atoms with Gasteiger partial charge in [0, 0.05) is 18.4 Å². The quantitative estimate of drug-likeness (QED) is 0.227. The van der Waals surface area contributed by atoms with Crippen molar-refractivity contribution in [2.45, 2.75) is 57.8 Å². The molecule has 0 radical (unpaired) electrons. The summed E-state index contributed by atoms with van der Waals surface area (Å²) in [5, 5.41) is 17.8. The summed E-state index contributed by atoms with van der Waals surface area (Å²) in [5.74, 6) is 0.277. The molecule has 0 fully saturated rings. The Morgan fingerprint density at radius 3 is 2.29 bits per heavy atom. The van der Waals surface area contributed by atoms with E-state index in [-0.39, 0.29) is 19.3 Å². The van der Waals surface area contributed by atoms with E-state index in [2.05, 4.69) is 12.1 Å². The normalized spacial score (nSPS) is 10.9. The number of hydrogen-bond acceptors (Lipinski definition) is 5. The number of aryl methyl sites for hydroxylation is 1. The zero-order valence-electron chi connectivity index (χ0n) is 19.7. The standard InChI is InChI=1S/C27H34O7/c1-32-22-15-13-21(14-16-22)9-4-2-3-6-19-33-24-10-8-11-25(23(24)17-18-27(30)31)34-20-7-5-12-26(28)29/h6,8,10-11,13-16,19H,2-5,7,9,12,17-18,20H2,1H3,(H,28,29)(H,30,31). The molecule has 0 unspecified atom stereocenters. The van der Waals surface area contributed by atoms with Crippen molar-refractivity contribution in [3.8, 4) is 17.2 Å². The number of methoxy groups -OCH3 is 1. The zero-order chi connectivity index (χ0) is 24.6. The van der Waals surface area contributed by atoms with Crippen molar-refractivity contribution in [1.82, 2.24) is 0 Å². The SMILES string of the molecule is COc1ccc(CCCCC=COc2cccc(OCCCCC(=O)O)c2CCC(=O)O)cc1. The van der Waals surface area contributed by atoms with Crippen molar-refractivity contribution in [3.05, 3.63) is 65.9 Å². The van der Waals surface area contributed by atoms with Crippen molar-refractivity contribution < 1.29 is 34.0 Å². The van der Waals surface area contributed by atoms with Crippen LogP contribution in [-0.2, 0) is 22.4 Å². The average molecular weight is 471 g/mol. The lowest BCUT2D eigenvalue weighted by Crippen LogP contribution is -2.05. The van der Waals surface area contributed by atoms with E-state index in [1.807, 2.05) is 18.2 Å². The van der Waals surface area contributed by atoms with Gasteiger partial charge >= 0.3 is 11.9 Å². The molecule has 2 aromatic carbocycles. The van der Waals surface area contributed by atoms with Gasteiger partial charge in [0.2, 0.25) is 0 Å². The van der Waals surface area contributed by atoms with Gasteiger partial charge in [0.1, 0.15) is 17.2 Å². The zero-order valence-corrected chi connectivity index (χ0v) is 19.7. The van der Waals surface area contributed by atoms with Gasteiger partial charge in [0.15, 0.2) is 0 Å². The van der Waals surface area contributed by atoms with Crippen LogP contribution in [0, 0.1) is 0 Å². The first-order valence-corrected chi connectivity index (χ1v) is 11.6. The van der Waals surface area contributed by atoms with E-state index in [4.69, 9.17) is 24.4 Å². The van der Waals surface area contributed by atoms with Crippen LogP contribution in [0.4, 0.5) is 0 Å². The van der Waals surface area contributed by atoms with E-state index < -0.39 is 11.9 Å². The van der Waals surface area contributed by atoms with Crippen LogP contribution in [0.5, 0.6) is 17.2 Å². The Balaban J connectivity index is 1.83. The largest absolute Gasteiger partial charge is 0.497 e. The topological polar surface area (TPSA) is 102 Å². The molecule has 0 amide bonds. The number of ether oxygens (including phenoxy) is 3. The first-order valence-electron chi connectivity index (χ1n) is 11.6. The average Bonchev–Trinajstić information content (AvgIpc) is 2.82. The van der Waals surface area contributed by atoms with E-state index in [1.54, 1.807) is 31.6 Å². The number of hydrogen-bond donors (Lipinski definition) is 2. The summed E-state index contributed by atoms with van der Waals surface area (Å²) in [6.07, 6.45) is 9.05. The van der Waals surface area contributed by atoms with Crippen LogP contribution < -0.4 is 14.2 Å². The summed E-state index contributed by atoms with van der Waals surface area (Å²) in [6, 6.07) is 13.5. The monoisotopic (exact) mass is 470 g/mol. The minimum Gasteiger partial charge on any atom is -0.497 e. The lowest BCUT2D eigenvalue weighted by molar-refractivity contribution is -0.138. The molecule has 0 bridgehead atoms. The second kappa shape index (κ2) is 15.4. The van der Waals surface area contributed by atoms with Crippen molar-refractivity contribution in [2.75, 3.05) is 13.7 Å². The third-order valence-electron chi connectivity index (χ3n) is 5.26. The molecule has 2 N–H and O–H groups in total. The third kappa shape index (κ3) is 10.4. The first kappa shape index (κ1) is 26.8. The molecule has 0 atom stereocenters. The Morgan fingerprint density at radius 2 is 1.59 bits per heavy atom. The molecule has 2 aromatic rings. The third-order valence-corrected chi connectivity index (χ3v) is 5.26. The summed E-state index contributed by atoms with van der Waals surface area (Å²) in [5.41, 5.74) is 1.98. The number of allylic oxidation sites excluding steroid dienone is 1. The Labute approximate surface area is 201 Å². The van der Waals surface area contributed by atoms with Crippen LogP contribution >= 0.6 is 0 Å². The number of aliphatic carboxylic acids is 2. The lowest BCUT2D eigenvalue weighted by atomic mass is 10.1. The second-order valence-electron chi connectivity index (χ2n) is 7.91. The molecule has 34 heavy (non-hydrogen) atoms. The van der Waals surface area contributed by atoms with Crippen molar-refractivity contribution >= 4 is 11.9 Å². The maximum Gasteiger partial charge on any atom is 0.303 e. The van der Waals surface area contributed by atoms with E-state index in [9.17, 15) is 9.59 Å². The molecule has 0 spiro atoms. The van der Waals surface area contributed by atoms with Gasteiger partial charge < -0.3 is 24.4 Å². The minimum absolute atomic E-state index is 0.0369. The van der Waals surface area contributed by atoms with E-state index in [1.165, 1.54) is 5.56 Å². The van der Waals surface area contributed by atoms with Crippen LogP contribution in [0.3, 0.4) is 0 Å². The Kier molecular flexibility index (Phi) is 12.1. The number of carbonyl (C=O) groups is 2. The molecule has 7 heteroatoms. The van der Waals surface area contributed by atoms with Crippen molar-refractivity contribution in [1.29, 1.82) is 0 Å². The molecule has 2 rings (SSSR count). The number of carboxylic acid groups (broad SMARTS) is 2. The van der Waals surface area contributed by atoms with Crippen LogP contribution in [0.15, 0.2) is 54.8 Å². The summed E-state index contributed by atoms with van der Waals surface area (Å²) in [6.45, 7) is 0.362. The summed E-state index contributed by atoms with van der Waals surface area (Å²) in [7, 11) is 1.66. The van der Waals surface area contributed by atoms with Gasteiger partial charge in [-0.15, -0.1) is 0 Å². The molecule has 184 valence electrons. The van der Waals surface area contributed by atoms with Gasteiger partial charge in [-0.1, -0.05) is 18.2 Å². The number of carboxylic acids is 2. The maximum atomic E-state index is 11.1. The van der Waals surface area contributed by atoms with Crippen molar-refractivity contribution in [3.63, 3.8) is 0 Å². The summed E-state index contributed by atoms with van der Waals surface area (Å²) < 4.78 is 16.8. The van der Waals surface area contributed by atoms with Gasteiger partial charge in [-0.2, -0.15) is 0 Å². The fourth-order valence-corrected chi connectivity index (χ4v) is 3.40. The maximum absolute atomic E-state index is 11.1. The summed E-state index contributed by atoms with van der Waals surface area (Å²) in [4.78, 5) is 21.7. The van der Waals surface area contributed by atoms with E-state index in [0.717, 1.165) is 31.4 Å². The molecule has 0 aliphatic heterocycles. The van der Waals surface area contributed by atoms with Gasteiger partial charge in [0.05, 0.1) is 20.0 Å². The molecule has 0 aliphatic rings. The van der Waals surface area contributed by atoms with Crippen LogP contribution in [0.2, 0.25) is 0 Å². The molecule has 0 aromatic heterocycles.